The highest BCUT2D eigenvalue weighted by molar-refractivity contribution is 9.10. The molecule has 18 heavy (non-hydrogen) atoms. The summed E-state index contributed by atoms with van der Waals surface area (Å²) in [5.74, 6) is 0.160. The number of rotatable bonds is 1. The van der Waals surface area contributed by atoms with Gasteiger partial charge in [-0.15, -0.1) is 0 Å². The molecule has 3 aromatic rings. The molecule has 3 rings (SSSR count). The first-order valence-electron chi connectivity index (χ1n) is 5.30. The molecule has 0 aliphatic heterocycles. The van der Waals surface area contributed by atoms with Crippen LogP contribution in [0, 0.1) is 0 Å². The lowest BCUT2D eigenvalue weighted by atomic mass is 10.2. The van der Waals surface area contributed by atoms with Gasteiger partial charge >= 0.3 is 0 Å². The van der Waals surface area contributed by atoms with Crippen molar-refractivity contribution in [3.63, 3.8) is 0 Å². The lowest BCUT2D eigenvalue weighted by Crippen LogP contribution is -1.89. The fourth-order valence-electron chi connectivity index (χ4n) is 1.71. The van der Waals surface area contributed by atoms with E-state index in [1.165, 1.54) is 0 Å². The highest BCUT2D eigenvalue weighted by atomic mass is 79.9. The minimum Gasteiger partial charge on any atom is -0.507 e. The minimum atomic E-state index is 0.160. The second kappa shape index (κ2) is 4.34. The van der Waals surface area contributed by atoms with Crippen LogP contribution in [-0.2, 0) is 0 Å². The van der Waals surface area contributed by atoms with Crippen LogP contribution in [0.2, 0.25) is 0 Å². The zero-order valence-electron chi connectivity index (χ0n) is 9.21. The summed E-state index contributed by atoms with van der Waals surface area (Å²) >= 11 is 3.33. The van der Waals surface area contributed by atoms with Gasteiger partial charge in [-0.25, -0.2) is 4.98 Å². The second-order valence-electron chi connectivity index (χ2n) is 3.78. The van der Waals surface area contributed by atoms with E-state index in [4.69, 9.17) is 0 Å². The van der Waals surface area contributed by atoms with Gasteiger partial charge in [-0.05, 0) is 34.1 Å². The molecule has 0 atom stereocenters. The fraction of sp³-hybridized carbons (Fsp3) is 0. The fourth-order valence-corrected chi connectivity index (χ4v) is 1.94. The van der Waals surface area contributed by atoms with E-state index in [-0.39, 0.29) is 5.75 Å². The summed E-state index contributed by atoms with van der Waals surface area (Å²) in [4.78, 5) is 12.7. The Balaban J connectivity index is 2.21. The standard InChI is InChI=1S/C13H8BrN3O/c14-8-1-2-11(16-6-8)12-5-13(18)9-7-15-4-3-10(9)17-12/h1-7H,(H,17,18). The van der Waals surface area contributed by atoms with E-state index in [0.717, 1.165) is 4.47 Å². The van der Waals surface area contributed by atoms with Crippen molar-refractivity contribution in [2.24, 2.45) is 0 Å². The van der Waals surface area contributed by atoms with Gasteiger partial charge in [0.2, 0.25) is 0 Å². The number of pyridine rings is 3. The van der Waals surface area contributed by atoms with Gasteiger partial charge in [-0.3, -0.25) is 9.97 Å². The predicted molar refractivity (Wildman–Crippen MR) is 72.1 cm³/mol. The molecule has 0 aromatic carbocycles. The Morgan fingerprint density at radius 3 is 2.72 bits per heavy atom. The zero-order chi connectivity index (χ0) is 12.5. The summed E-state index contributed by atoms with van der Waals surface area (Å²) in [7, 11) is 0. The van der Waals surface area contributed by atoms with Gasteiger partial charge in [0.15, 0.2) is 0 Å². The van der Waals surface area contributed by atoms with Crippen LogP contribution >= 0.6 is 15.9 Å². The highest BCUT2D eigenvalue weighted by Crippen LogP contribution is 2.27. The van der Waals surface area contributed by atoms with E-state index < -0.39 is 0 Å². The molecule has 0 amide bonds. The van der Waals surface area contributed by atoms with E-state index in [1.807, 2.05) is 12.1 Å². The van der Waals surface area contributed by atoms with Gasteiger partial charge in [0.25, 0.3) is 0 Å². The van der Waals surface area contributed by atoms with Crippen molar-refractivity contribution in [2.45, 2.75) is 0 Å². The Hall–Kier alpha value is -2.01. The molecular formula is C13H8BrN3O. The van der Waals surface area contributed by atoms with Crippen LogP contribution in [0.5, 0.6) is 5.75 Å². The normalized spacial score (nSPS) is 10.7. The van der Waals surface area contributed by atoms with Crippen LogP contribution in [0.3, 0.4) is 0 Å². The maximum atomic E-state index is 9.95. The van der Waals surface area contributed by atoms with Crippen molar-refractivity contribution in [1.82, 2.24) is 15.0 Å². The Morgan fingerprint density at radius 2 is 1.94 bits per heavy atom. The first-order valence-corrected chi connectivity index (χ1v) is 6.09. The average Bonchev–Trinajstić information content (AvgIpc) is 2.39. The van der Waals surface area contributed by atoms with E-state index >= 15 is 0 Å². The number of aromatic nitrogens is 3. The molecule has 5 heteroatoms. The van der Waals surface area contributed by atoms with Gasteiger partial charge in [0.05, 0.1) is 22.3 Å². The lowest BCUT2D eigenvalue weighted by molar-refractivity contribution is 0.481. The number of halogens is 1. The van der Waals surface area contributed by atoms with Crippen LogP contribution < -0.4 is 0 Å². The number of hydrogen-bond acceptors (Lipinski definition) is 4. The largest absolute Gasteiger partial charge is 0.507 e. The van der Waals surface area contributed by atoms with Crippen LogP contribution in [0.4, 0.5) is 0 Å². The van der Waals surface area contributed by atoms with Gasteiger partial charge < -0.3 is 5.11 Å². The molecule has 0 fully saturated rings. The zero-order valence-corrected chi connectivity index (χ0v) is 10.8. The number of nitrogens with zero attached hydrogens (tertiary/aromatic N) is 3. The molecule has 0 saturated carbocycles. The lowest BCUT2D eigenvalue weighted by Gasteiger charge is -2.04. The third-order valence-corrected chi connectivity index (χ3v) is 3.05. The van der Waals surface area contributed by atoms with Gasteiger partial charge in [0, 0.05) is 29.1 Å². The molecule has 1 N–H and O–H groups in total. The number of fused-ring (bicyclic) bond motifs is 1. The molecule has 88 valence electrons. The van der Waals surface area contributed by atoms with Crippen molar-refractivity contribution in [2.75, 3.05) is 0 Å². The molecule has 0 bridgehead atoms. The van der Waals surface area contributed by atoms with Gasteiger partial charge in [-0.2, -0.15) is 0 Å². The third kappa shape index (κ3) is 1.93. The van der Waals surface area contributed by atoms with Crippen molar-refractivity contribution in [3.05, 3.63) is 47.3 Å². The van der Waals surface area contributed by atoms with E-state index in [9.17, 15) is 5.11 Å². The SMILES string of the molecule is Oc1cc(-c2ccc(Br)cn2)nc2ccncc12. The third-order valence-electron chi connectivity index (χ3n) is 2.58. The predicted octanol–water partition coefficient (Wildman–Crippen LogP) is 3.16. The van der Waals surface area contributed by atoms with Crippen LogP contribution in [-0.4, -0.2) is 20.1 Å². The maximum absolute atomic E-state index is 9.95. The number of hydrogen-bond donors (Lipinski definition) is 1. The Morgan fingerprint density at radius 1 is 1.06 bits per heavy atom. The molecule has 0 radical (unpaired) electrons. The van der Waals surface area contributed by atoms with Crippen molar-refractivity contribution in [1.29, 1.82) is 0 Å². The molecular weight excluding hydrogens is 294 g/mol. The highest BCUT2D eigenvalue weighted by Gasteiger charge is 2.07. The Kier molecular flexibility index (Phi) is 2.68. The van der Waals surface area contributed by atoms with Crippen LogP contribution in [0.25, 0.3) is 22.3 Å². The first-order chi connectivity index (χ1) is 8.74. The smallest absolute Gasteiger partial charge is 0.128 e. The number of aromatic hydroxyl groups is 1. The summed E-state index contributed by atoms with van der Waals surface area (Å²) in [6.45, 7) is 0. The summed E-state index contributed by atoms with van der Waals surface area (Å²) in [5, 5.41) is 10.6. The Bertz CT molecular complexity index is 713. The van der Waals surface area contributed by atoms with Crippen molar-refractivity contribution in [3.8, 4) is 17.1 Å². The molecule has 4 nitrogen and oxygen atoms in total. The van der Waals surface area contributed by atoms with Crippen LogP contribution in [0.1, 0.15) is 0 Å². The first kappa shape index (κ1) is 11.1. The van der Waals surface area contributed by atoms with Crippen LogP contribution in [0.15, 0.2) is 47.3 Å². The molecule has 0 unspecified atom stereocenters. The summed E-state index contributed by atoms with van der Waals surface area (Å²) in [5.41, 5.74) is 2.05. The monoisotopic (exact) mass is 301 g/mol. The second-order valence-corrected chi connectivity index (χ2v) is 4.70. The summed E-state index contributed by atoms with van der Waals surface area (Å²) < 4.78 is 0.903. The minimum absolute atomic E-state index is 0.160. The quantitative estimate of drug-likeness (QED) is 0.750. The van der Waals surface area contributed by atoms with E-state index in [0.29, 0.717) is 22.3 Å². The molecule has 0 aliphatic carbocycles. The van der Waals surface area contributed by atoms with E-state index in [2.05, 4.69) is 30.9 Å². The molecule has 0 saturated heterocycles. The molecule has 0 spiro atoms. The van der Waals surface area contributed by atoms with Crippen molar-refractivity contribution < 1.29 is 5.11 Å². The topological polar surface area (TPSA) is 58.9 Å². The molecule has 3 aromatic heterocycles. The summed E-state index contributed by atoms with van der Waals surface area (Å²) in [6, 6.07) is 7.09. The molecule has 0 aliphatic rings. The van der Waals surface area contributed by atoms with Gasteiger partial charge in [0.1, 0.15) is 5.75 Å². The summed E-state index contributed by atoms with van der Waals surface area (Å²) in [6.07, 6.45) is 4.94. The average molecular weight is 302 g/mol. The van der Waals surface area contributed by atoms with E-state index in [1.54, 1.807) is 30.7 Å². The molecule has 3 heterocycles. The van der Waals surface area contributed by atoms with Crippen molar-refractivity contribution >= 4 is 26.8 Å². The van der Waals surface area contributed by atoms with Gasteiger partial charge in [-0.1, -0.05) is 0 Å². The maximum Gasteiger partial charge on any atom is 0.128 e. The Labute approximate surface area is 111 Å².